The van der Waals surface area contributed by atoms with Crippen molar-refractivity contribution in [1.29, 1.82) is 0 Å². The van der Waals surface area contributed by atoms with Crippen LogP contribution in [0.5, 0.6) is 5.75 Å². The van der Waals surface area contributed by atoms with Crippen LogP contribution >= 0.6 is 19.4 Å². The summed E-state index contributed by atoms with van der Waals surface area (Å²) in [5.41, 5.74) is -4.41. The van der Waals surface area contributed by atoms with Crippen molar-refractivity contribution in [3.8, 4) is 5.75 Å². The molecule has 0 aliphatic heterocycles. The van der Waals surface area contributed by atoms with Crippen molar-refractivity contribution in [2.75, 3.05) is 18.2 Å². The van der Waals surface area contributed by atoms with Crippen LogP contribution < -0.4 is 9.84 Å². The van der Waals surface area contributed by atoms with Gasteiger partial charge in [0, 0.05) is 18.8 Å². The summed E-state index contributed by atoms with van der Waals surface area (Å²) in [6.07, 6.45) is -10.1. The molecule has 0 saturated carbocycles. The summed E-state index contributed by atoms with van der Waals surface area (Å²) in [7, 11) is -7.85. The molecule has 2 rings (SSSR count). The molecule has 1 N–H and O–H groups in total. The lowest BCUT2D eigenvalue weighted by Gasteiger charge is -2.24. The maximum atomic E-state index is 13.6. The number of carbonyl (C=O) groups is 1. The van der Waals surface area contributed by atoms with Gasteiger partial charge in [0.1, 0.15) is 5.75 Å². The number of hydrogen-bond donors (Lipinski definition) is 1. The minimum Gasteiger partial charge on any atom is -0.403 e. The fourth-order valence-corrected chi connectivity index (χ4v) is 7.07. The van der Waals surface area contributed by atoms with Crippen molar-refractivity contribution in [2.45, 2.75) is 57.7 Å². The molecular formula is C24H31ClF6NO5PSi2. The molecule has 0 aliphatic rings. The van der Waals surface area contributed by atoms with Gasteiger partial charge in [0.05, 0.1) is 37.6 Å². The van der Waals surface area contributed by atoms with Crippen molar-refractivity contribution in [2.24, 2.45) is 0 Å². The molecule has 0 fully saturated rings. The molecule has 0 saturated heterocycles. The van der Waals surface area contributed by atoms with Crippen molar-refractivity contribution in [3.05, 3.63) is 58.1 Å². The Labute approximate surface area is 236 Å². The van der Waals surface area contributed by atoms with Crippen LogP contribution in [0, 0.1) is 0 Å². The van der Waals surface area contributed by atoms with Gasteiger partial charge >= 0.3 is 20.2 Å². The van der Waals surface area contributed by atoms with Crippen LogP contribution in [0.3, 0.4) is 0 Å². The van der Waals surface area contributed by atoms with Crippen LogP contribution in [-0.4, -0.2) is 34.9 Å². The number of alkyl halides is 6. The predicted molar refractivity (Wildman–Crippen MR) is 147 cm³/mol. The Morgan fingerprint density at radius 3 is 1.90 bits per heavy atom. The number of nitrogens with one attached hydrogen (secondary N) is 1. The number of hydrogen-bond acceptors (Lipinski definition) is 5. The highest BCUT2D eigenvalue weighted by atomic mass is 35.5. The molecule has 0 aliphatic carbocycles. The lowest BCUT2D eigenvalue weighted by atomic mass is 10.1. The fourth-order valence-electron chi connectivity index (χ4n) is 2.93. The van der Waals surface area contributed by atoms with Crippen LogP contribution in [0.15, 0.2) is 36.4 Å². The number of anilines is 1. The van der Waals surface area contributed by atoms with Gasteiger partial charge in [0.2, 0.25) is 0 Å². The predicted octanol–water partition coefficient (Wildman–Crippen LogP) is 9.37. The monoisotopic (exact) mass is 649 g/mol. The molecule has 224 valence electrons. The minimum absolute atomic E-state index is 0.00461. The van der Waals surface area contributed by atoms with Gasteiger partial charge in [0.15, 0.2) is 0 Å². The third-order valence-corrected chi connectivity index (χ3v) is 9.56. The van der Waals surface area contributed by atoms with Crippen LogP contribution in [0.25, 0.3) is 0 Å². The average Bonchev–Trinajstić information content (AvgIpc) is 2.76. The number of amides is 1. The molecule has 0 heterocycles. The largest absolute Gasteiger partial charge is 0.529 e. The first kappa shape index (κ1) is 34.4. The van der Waals surface area contributed by atoms with Gasteiger partial charge in [-0.25, -0.2) is 4.57 Å². The van der Waals surface area contributed by atoms with E-state index >= 15 is 0 Å². The Hall–Kier alpha value is -1.84. The van der Waals surface area contributed by atoms with Gasteiger partial charge in [-0.3, -0.25) is 13.8 Å². The molecular weight excluding hydrogens is 619 g/mol. The van der Waals surface area contributed by atoms with Crippen LogP contribution in [-0.2, 0) is 26.0 Å². The van der Waals surface area contributed by atoms with E-state index in [1.807, 2.05) is 25.0 Å². The normalized spacial score (nSPS) is 14.5. The highest BCUT2D eigenvalue weighted by Gasteiger charge is 2.38. The number of halogens is 7. The molecule has 0 bridgehead atoms. The van der Waals surface area contributed by atoms with Crippen molar-refractivity contribution in [1.82, 2.24) is 0 Å². The topological polar surface area (TPSA) is 73.9 Å². The first-order chi connectivity index (χ1) is 18.0. The van der Waals surface area contributed by atoms with E-state index < -0.39 is 64.6 Å². The quantitative estimate of drug-likeness (QED) is 0.149. The second kappa shape index (κ2) is 12.6. The van der Waals surface area contributed by atoms with Crippen molar-refractivity contribution >= 4 is 47.2 Å². The molecule has 40 heavy (non-hydrogen) atoms. The van der Waals surface area contributed by atoms with Crippen molar-refractivity contribution in [3.63, 3.8) is 0 Å². The molecule has 6 nitrogen and oxygen atoms in total. The van der Waals surface area contributed by atoms with E-state index in [1.54, 1.807) is 0 Å². The number of phosphoric acid groups is 1. The van der Waals surface area contributed by atoms with E-state index in [0.717, 1.165) is 6.07 Å². The van der Waals surface area contributed by atoms with E-state index in [4.69, 9.17) is 25.2 Å². The molecule has 2 aromatic rings. The van der Waals surface area contributed by atoms with Gasteiger partial charge < -0.3 is 9.84 Å². The smallest absolute Gasteiger partial charge is 0.403 e. The van der Waals surface area contributed by atoms with Gasteiger partial charge in [-0.1, -0.05) is 50.9 Å². The minimum atomic E-state index is -5.11. The first-order valence-electron chi connectivity index (χ1n) is 12.0. The van der Waals surface area contributed by atoms with Crippen LogP contribution in [0.4, 0.5) is 32.0 Å². The van der Waals surface area contributed by atoms with Crippen LogP contribution in [0.2, 0.25) is 50.3 Å². The number of carbonyl (C=O) groups excluding carboxylic acids is 1. The summed E-state index contributed by atoms with van der Waals surface area (Å²) in [5.74, 6) is -1.51. The number of phosphoric ester groups is 1. The SMILES string of the molecule is C[Si](C)(C)CCOP(=O)(OC[Si](C)(C)C)Oc1ccc(Cl)cc1C(=O)Nc1cc(C(F)(F)F)cc(C(F)(F)F)c1. The summed E-state index contributed by atoms with van der Waals surface area (Å²) in [6, 6.07) is 4.81. The standard InChI is InChI=1S/C24H31ClF6NO5PSi2/c1-39(2,3)10-9-35-38(34,36-15-40(4,5)6)37-21-8-7-18(25)14-20(21)22(33)32-19-12-16(23(26,27)28)11-17(13-19)24(29,30)31/h7-8,11-14H,9-10,15H2,1-6H3,(H,32,33). The zero-order valence-electron chi connectivity index (χ0n) is 22.7. The summed E-state index contributed by atoms with van der Waals surface area (Å²) in [4.78, 5) is 13.1. The summed E-state index contributed by atoms with van der Waals surface area (Å²) in [5, 5.41) is 2.01. The highest BCUT2D eigenvalue weighted by Crippen LogP contribution is 2.51. The van der Waals surface area contributed by atoms with E-state index in [0.29, 0.717) is 18.2 Å². The summed E-state index contributed by atoms with van der Waals surface area (Å²) < 4.78 is 110. The number of rotatable bonds is 11. The maximum Gasteiger partial charge on any atom is 0.529 e. The highest BCUT2D eigenvalue weighted by molar-refractivity contribution is 7.49. The van der Waals surface area contributed by atoms with E-state index in [9.17, 15) is 35.7 Å². The van der Waals surface area contributed by atoms with E-state index in [2.05, 4.69) is 19.6 Å². The Bertz CT molecular complexity index is 1230. The third-order valence-electron chi connectivity index (χ3n) is 5.00. The molecule has 2 aromatic carbocycles. The zero-order chi connectivity index (χ0) is 30.7. The zero-order valence-corrected chi connectivity index (χ0v) is 26.4. The summed E-state index contributed by atoms with van der Waals surface area (Å²) >= 11 is 6.01. The molecule has 1 unspecified atom stereocenters. The van der Waals surface area contributed by atoms with Crippen LogP contribution in [0.1, 0.15) is 21.5 Å². The Morgan fingerprint density at radius 2 is 1.43 bits per heavy atom. The average molecular weight is 650 g/mol. The van der Waals surface area contributed by atoms with E-state index in [-0.39, 0.29) is 29.7 Å². The lowest BCUT2D eigenvalue weighted by molar-refractivity contribution is -0.143. The van der Waals surface area contributed by atoms with Gasteiger partial charge in [0.25, 0.3) is 5.91 Å². The Kier molecular flexibility index (Phi) is 10.8. The molecule has 0 radical (unpaired) electrons. The Balaban J connectivity index is 2.45. The Morgan fingerprint density at radius 1 is 0.875 bits per heavy atom. The van der Waals surface area contributed by atoms with E-state index in [1.165, 1.54) is 12.1 Å². The third kappa shape index (κ3) is 11.2. The molecule has 1 amide bonds. The van der Waals surface area contributed by atoms with Crippen molar-refractivity contribution < 1.29 is 49.3 Å². The van der Waals surface area contributed by atoms with Gasteiger partial charge in [-0.05, 0) is 42.4 Å². The van der Waals surface area contributed by atoms with Gasteiger partial charge in [-0.15, -0.1) is 0 Å². The molecule has 16 heteroatoms. The second-order valence-corrected chi connectivity index (χ2v) is 24.5. The molecule has 0 aromatic heterocycles. The molecule has 0 spiro atoms. The number of benzene rings is 2. The maximum absolute atomic E-state index is 13.6. The first-order valence-corrected chi connectivity index (χ1v) is 21.2. The molecule has 1 atom stereocenters. The fraction of sp³-hybridized carbons (Fsp3) is 0.458. The second-order valence-electron chi connectivity index (χ2n) is 11.4. The summed E-state index contributed by atoms with van der Waals surface area (Å²) in [6.45, 7) is 12.1. The van der Waals surface area contributed by atoms with Gasteiger partial charge in [-0.2, -0.15) is 26.3 Å². The lowest BCUT2D eigenvalue weighted by Crippen LogP contribution is -2.28.